The van der Waals surface area contributed by atoms with Crippen LogP contribution >= 0.6 is 23.2 Å². The number of nitrogens with one attached hydrogen (secondary N) is 1. The van der Waals surface area contributed by atoms with E-state index >= 15 is 0 Å². The number of hydrogen-bond acceptors (Lipinski definition) is 7. The molecule has 0 spiro atoms. The Balaban J connectivity index is 1.45. The monoisotopic (exact) mass is 513 g/mol. The quantitative estimate of drug-likeness (QED) is 0.381. The van der Waals surface area contributed by atoms with Crippen molar-refractivity contribution in [1.29, 1.82) is 0 Å². The van der Waals surface area contributed by atoms with Crippen LogP contribution in [-0.2, 0) is 16.0 Å². The molecule has 182 valence electrons. The van der Waals surface area contributed by atoms with Gasteiger partial charge in [0.25, 0.3) is 5.91 Å². The highest BCUT2D eigenvalue weighted by molar-refractivity contribution is 6.30. The van der Waals surface area contributed by atoms with Crippen LogP contribution in [0.2, 0.25) is 10.2 Å². The van der Waals surface area contributed by atoms with Gasteiger partial charge < -0.3 is 19.9 Å². The second-order valence-electron chi connectivity index (χ2n) is 8.07. The Hall–Kier alpha value is -3.36. The Morgan fingerprint density at radius 3 is 2.29 bits per heavy atom. The molecular weight excluding hydrogens is 489 g/mol. The van der Waals surface area contributed by atoms with Crippen molar-refractivity contribution in [1.82, 2.24) is 15.3 Å². The van der Waals surface area contributed by atoms with Crippen molar-refractivity contribution in [3.8, 4) is 0 Å². The minimum absolute atomic E-state index is 0.0792. The molecule has 2 heterocycles. The molecule has 1 aromatic heterocycles. The van der Waals surface area contributed by atoms with Crippen molar-refractivity contribution >= 4 is 46.7 Å². The van der Waals surface area contributed by atoms with Crippen molar-refractivity contribution in [2.45, 2.75) is 12.5 Å². The van der Waals surface area contributed by atoms with Gasteiger partial charge in [0.05, 0.1) is 7.11 Å². The van der Waals surface area contributed by atoms with Gasteiger partial charge in [0, 0.05) is 49.4 Å². The van der Waals surface area contributed by atoms with Crippen LogP contribution in [0.3, 0.4) is 0 Å². The fourth-order valence-corrected chi connectivity index (χ4v) is 4.20. The van der Waals surface area contributed by atoms with E-state index in [0.717, 1.165) is 24.3 Å². The molecule has 0 saturated carbocycles. The van der Waals surface area contributed by atoms with Gasteiger partial charge >= 0.3 is 5.97 Å². The van der Waals surface area contributed by atoms with Gasteiger partial charge in [0.1, 0.15) is 16.9 Å². The first-order valence-electron chi connectivity index (χ1n) is 11.2. The smallest absolute Gasteiger partial charge is 0.328 e. The summed E-state index contributed by atoms with van der Waals surface area (Å²) in [6.07, 6.45) is 0.239. The number of methoxy groups -OCH3 is 1. The maximum atomic E-state index is 13.0. The van der Waals surface area contributed by atoms with E-state index in [1.807, 2.05) is 23.1 Å². The predicted molar refractivity (Wildman–Crippen MR) is 136 cm³/mol. The van der Waals surface area contributed by atoms with E-state index in [1.54, 1.807) is 24.3 Å². The number of para-hydroxylation sites is 1. The van der Waals surface area contributed by atoms with Gasteiger partial charge in [0.2, 0.25) is 5.95 Å². The zero-order valence-corrected chi connectivity index (χ0v) is 20.7. The summed E-state index contributed by atoms with van der Waals surface area (Å²) >= 11 is 12.2. The average molecular weight is 514 g/mol. The van der Waals surface area contributed by atoms with Crippen LogP contribution in [0.4, 0.5) is 11.6 Å². The number of rotatable bonds is 7. The molecule has 4 rings (SSSR count). The van der Waals surface area contributed by atoms with Gasteiger partial charge in [0.15, 0.2) is 0 Å². The summed E-state index contributed by atoms with van der Waals surface area (Å²) in [5.74, 6) is -0.726. The number of halogens is 2. The lowest BCUT2D eigenvalue weighted by molar-refractivity contribution is -0.142. The second kappa shape index (κ2) is 11.4. The molecule has 1 fully saturated rings. The lowest BCUT2D eigenvalue weighted by Gasteiger charge is -2.36. The van der Waals surface area contributed by atoms with Crippen LogP contribution in [0.25, 0.3) is 0 Å². The molecular formula is C25H25Cl2N5O3. The Labute approximate surface area is 213 Å². The number of aromatic nitrogens is 2. The number of carbonyl (C=O) groups is 2. The van der Waals surface area contributed by atoms with E-state index in [4.69, 9.17) is 27.9 Å². The predicted octanol–water partition coefficient (Wildman–Crippen LogP) is 3.62. The van der Waals surface area contributed by atoms with Crippen LogP contribution in [-0.4, -0.2) is 61.2 Å². The Bertz CT molecular complexity index is 1170. The zero-order valence-electron chi connectivity index (χ0n) is 19.2. The molecule has 10 heteroatoms. The van der Waals surface area contributed by atoms with Crippen molar-refractivity contribution in [3.63, 3.8) is 0 Å². The first-order chi connectivity index (χ1) is 16.9. The van der Waals surface area contributed by atoms with Crippen molar-refractivity contribution in [2.75, 3.05) is 43.1 Å². The molecule has 35 heavy (non-hydrogen) atoms. The minimum atomic E-state index is -0.903. The second-order valence-corrected chi connectivity index (χ2v) is 8.89. The maximum Gasteiger partial charge on any atom is 0.328 e. The number of esters is 1. The van der Waals surface area contributed by atoms with Crippen LogP contribution in [0.1, 0.15) is 16.1 Å². The van der Waals surface area contributed by atoms with Crippen LogP contribution < -0.4 is 15.1 Å². The molecule has 1 saturated heterocycles. The number of piperazine rings is 1. The lowest BCUT2D eigenvalue weighted by Crippen LogP contribution is -2.47. The Kier molecular flexibility index (Phi) is 8.05. The highest BCUT2D eigenvalue weighted by atomic mass is 35.5. The summed E-state index contributed by atoms with van der Waals surface area (Å²) in [6, 6.07) is 17.7. The number of nitrogens with zero attached hydrogens (tertiary/aromatic N) is 4. The van der Waals surface area contributed by atoms with E-state index < -0.39 is 17.9 Å². The zero-order chi connectivity index (χ0) is 24.8. The van der Waals surface area contributed by atoms with Gasteiger partial charge in [-0.1, -0.05) is 53.5 Å². The normalized spacial score (nSPS) is 14.4. The van der Waals surface area contributed by atoms with E-state index in [2.05, 4.69) is 32.3 Å². The molecule has 0 radical (unpaired) electrons. The third-order valence-electron chi connectivity index (χ3n) is 5.74. The molecule has 1 N–H and O–H groups in total. The topological polar surface area (TPSA) is 87.7 Å². The number of amides is 1. The van der Waals surface area contributed by atoms with Gasteiger partial charge in [-0.25, -0.2) is 14.8 Å². The largest absolute Gasteiger partial charge is 0.467 e. The molecule has 3 aromatic rings. The third kappa shape index (κ3) is 6.41. The van der Waals surface area contributed by atoms with Gasteiger partial charge in [-0.15, -0.1) is 0 Å². The average Bonchev–Trinajstić information content (AvgIpc) is 2.89. The number of benzene rings is 2. The number of carbonyl (C=O) groups excluding carboxylic acids is 2. The summed E-state index contributed by atoms with van der Waals surface area (Å²) in [5.41, 5.74) is 2.06. The third-order valence-corrected chi connectivity index (χ3v) is 6.19. The van der Waals surface area contributed by atoms with Gasteiger partial charge in [-0.3, -0.25) is 4.79 Å². The van der Waals surface area contributed by atoms with Crippen molar-refractivity contribution < 1.29 is 14.3 Å². The summed E-state index contributed by atoms with van der Waals surface area (Å²) in [6.45, 7) is 2.93. The van der Waals surface area contributed by atoms with Crippen LogP contribution in [0, 0.1) is 0 Å². The minimum Gasteiger partial charge on any atom is -0.467 e. The highest BCUT2D eigenvalue weighted by Gasteiger charge is 2.25. The van der Waals surface area contributed by atoms with E-state index in [-0.39, 0.29) is 17.3 Å². The fourth-order valence-electron chi connectivity index (χ4n) is 3.89. The highest BCUT2D eigenvalue weighted by Crippen LogP contribution is 2.20. The summed E-state index contributed by atoms with van der Waals surface area (Å²) in [7, 11) is 1.28. The molecule has 0 bridgehead atoms. The van der Waals surface area contributed by atoms with Crippen molar-refractivity contribution in [3.05, 3.63) is 82.1 Å². The van der Waals surface area contributed by atoms with E-state index in [9.17, 15) is 9.59 Å². The summed E-state index contributed by atoms with van der Waals surface area (Å²) in [4.78, 5) is 38.4. The number of anilines is 2. The Morgan fingerprint density at radius 1 is 0.971 bits per heavy atom. The molecule has 1 aliphatic rings. The van der Waals surface area contributed by atoms with E-state index in [0.29, 0.717) is 24.1 Å². The molecule has 0 aliphatic carbocycles. The first-order valence-corrected chi connectivity index (χ1v) is 11.9. The molecule has 2 aromatic carbocycles. The van der Waals surface area contributed by atoms with Gasteiger partial charge in [-0.05, 0) is 29.8 Å². The maximum absolute atomic E-state index is 13.0. The number of ether oxygens (including phenoxy) is 1. The van der Waals surface area contributed by atoms with Gasteiger partial charge in [-0.2, -0.15) is 0 Å². The van der Waals surface area contributed by atoms with Crippen molar-refractivity contribution in [2.24, 2.45) is 0 Å². The molecule has 0 unspecified atom stereocenters. The number of hydrogen-bond donors (Lipinski definition) is 1. The molecule has 8 nitrogen and oxygen atoms in total. The summed E-state index contributed by atoms with van der Waals surface area (Å²) in [5, 5.41) is 3.45. The summed E-state index contributed by atoms with van der Waals surface area (Å²) < 4.78 is 4.88. The lowest BCUT2D eigenvalue weighted by atomic mass is 10.1. The first kappa shape index (κ1) is 24.8. The standard InChI is InChI=1S/C25H25Cl2N5O3/c1-35-24(34)21(15-17-7-9-18(26)10-8-17)28-23(33)20-16-22(27)30-25(29-20)32-13-11-31(12-14-32)19-5-3-2-4-6-19/h2-10,16,21H,11-15H2,1H3,(H,28,33)/t21-/m1/s1. The van der Waals surface area contributed by atoms with Crippen LogP contribution in [0.15, 0.2) is 60.7 Å². The van der Waals surface area contributed by atoms with Crippen LogP contribution in [0.5, 0.6) is 0 Å². The molecule has 1 amide bonds. The fraction of sp³-hybridized carbons (Fsp3) is 0.280. The SMILES string of the molecule is COC(=O)[C@@H](Cc1ccc(Cl)cc1)NC(=O)c1cc(Cl)nc(N2CCN(c3ccccc3)CC2)n1. The molecule has 1 atom stereocenters. The van der Waals surface area contributed by atoms with E-state index in [1.165, 1.54) is 13.2 Å². The Morgan fingerprint density at radius 2 is 1.63 bits per heavy atom. The molecule has 1 aliphatic heterocycles.